The molecule has 1 rings (SSSR count). The van der Waals surface area contributed by atoms with Crippen LogP contribution in [0.2, 0.25) is 0 Å². The van der Waals surface area contributed by atoms with Gasteiger partial charge < -0.3 is 10.0 Å². The van der Waals surface area contributed by atoms with E-state index < -0.39 is 4.92 Å². The molecule has 0 saturated heterocycles. The van der Waals surface area contributed by atoms with E-state index in [-0.39, 0.29) is 12.3 Å². The van der Waals surface area contributed by atoms with Crippen molar-refractivity contribution in [3.8, 4) is 0 Å². The summed E-state index contributed by atoms with van der Waals surface area (Å²) in [6.45, 7) is 2.74. The molecular formula is C13H20N2O3. The molecule has 0 aromatic heterocycles. The Hall–Kier alpha value is -1.62. The average Bonchev–Trinajstić information content (AvgIpc) is 2.38. The third-order valence-corrected chi connectivity index (χ3v) is 2.93. The number of aliphatic hydroxyl groups is 1. The van der Waals surface area contributed by atoms with E-state index >= 15 is 0 Å². The Morgan fingerprint density at radius 3 is 2.67 bits per heavy atom. The van der Waals surface area contributed by atoms with E-state index in [0.29, 0.717) is 11.3 Å². The van der Waals surface area contributed by atoms with Crippen LogP contribution < -0.4 is 4.90 Å². The van der Waals surface area contributed by atoms with Crippen molar-refractivity contribution in [1.82, 2.24) is 0 Å². The molecule has 0 bridgehead atoms. The average molecular weight is 252 g/mol. The van der Waals surface area contributed by atoms with E-state index in [9.17, 15) is 10.1 Å². The lowest BCUT2D eigenvalue weighted by atomic mass is 10.1. The van der Waals surface area contributed by atoms with Crippen molar-refractivity contribution < 1.29 is 10.0 Å². The van der Waals surface area contributed by atoms with Crippen LogP contribution in [-0.4, -0.2) is 23.6 Å². The highest BCUT2D eigenvalue weighted by Crippen LogP contribution is 2.28. The number of aliphatic hydroxyl groups excluding tert-OH is 1. The second-order valence-electron chi connectivity index (χ2n) is 4.37. The largest absolute Gasteiger partial charge is 0.392 e. The zero-order valence-electron chi connectivity index (χ0n) is 10.9. The summed E-state index contributed by atoms with van der Waals surface area (Å²) in [6, 6.07) is 4.86. The predicted molar refractivity (Wildman–Crippen MR) is 71.8 cm³/mol. The molecule has 5 heteroatoms. The summed E-state index contributed by atoms with van der Waals surface area (Å²) < 4.78 is 0. The van der Waals surface area contributed by atoms with Crippen molar-refractivity contribution in [2.24, 2.45) is 0 Å². The lowest BCUT2D eigenvalue weighted by Gasteiger charge is -2.19. The summed E-state index contributed by atoms with van der Waals surface area (Å²) in [5.74, 6) is 0. The van der Waals surface area contributed by atoms with Crippen LogP contribution in [-0.2, 0) is 6.61 Å². The van der Waals surface area contributed by atoms with E-state index in [4.69, 9.17) is 5.11 Å². The van der Waals surface area contributed by atoms with Crippen LogP contribution in [0, 0.1) is 10.1 Å². The highest BCUT2D eigenvalue weighted by molar-refractivity contribution is 5.63. The molecule has 0 unspecified atom stereocenters. The van der Waals surface area contributed by atoms with Gasteiger partial charge in [-0.15, -0.1) is 0 Å². The first-order chi connectivity index (χ1) is 8.60. The Morgan fingerprint density at radius 2 is 2.11 bits per heavy atom. The van der Waals surface area contributed by atoms with E-state index in [1.165, 1.54) is 6.07 Å². The standard InChI is InChI=1S/C13H20N2O3/c1-3-4-5-8-14(2)12-7-6-11(10-16)9-13(12)15(17)18/h6-7,9,16H,3-5,8,10H2,1-2H3. The van der Waals surface area contributed by atoms with Gasteiger partial charge in [0, 0.05) is 19.7 Å². The minimum Gasteiger partial charge on any atom is -0.392 e. The zero-order chi connectivity index (χ0) is 13.5. The Morgan fingerprint density at radius 1 is 1.39 bits per heavy atom. The fraction of sp³-hybridized carbons (Fsp3) is 0.538. The number of hydrogen-bond donors (Lipinski definition) is 1. The first-order valence-corrected chi connectivity index (χ1v) is 6.19. The maximum absolute atomic E-state index is 11.0. The smallest absolute Gasteiger partial charge is 0.292 e. The molecule has 0 atom stereocenters. The normalized spacial score (nSPS) is 10.4. The fourth-order valence-electron chi connectivity index (χ4n) is 1.86. The molecule has 0 saturated carbocycles. The van der Waals surface area contributed by atoms with Crippen LogP contribution in [0.4, 0.5) is 11.4 Å². The number of rotatable bonds is 7. The Balaban J connectivity index is 2.89. The van der Waals surface area contributed by atoms with Crippen LogP contribution in [0.1, 0.15) is 31.7 Å². The highest BCUT2D eigenvalue weighted by atomic mass is 16.6. The van der Waals surface area contributed by atoms with Crippen molar-refractivity contribution in [2.45, 2.75) is 32.8 Å². The molecule has 0 aliphatic heterocycles. The van der Waals surface area contributed by atoms with Crippen LogP contribution in [0.25, 0.3) is 0 Å². The topological polar surface area (TPSA) is 66.6 Å². The van der Waals surface area contributed by atoms with Gasteiger partial charge in [-0.2, -0.15) is 0 Å². The van der Waals surface area contributed by atoms with E-state index in [2.05, 4.69) is 6.92 Å². The second kappa shape index (κ2) is 6.96. The zero-order valence-corrected chi connectivity index (χ0v) is 10.9. The second-order valence-corrected chi connectivity index (χ2v) is 4.37. The molecule has 1 aromatic carbocycles. The third-order valence-electron chi connectivity index (χ3n) is 2.93. The first-order valence-electron chi connectivity index (χ1n) is 6.19. The predicted octanol–water partition coefficient (Wildman–Crippen LogP) is 2.71. The van der Waals surface area contributed by atoms with Gasteiger partial charge in [-0.05, 0) is 18.1 Å². The van der Waals surface area contributed by atoms with Gasteiger partial charge in [-0.1, -0.05) is 25.8 Å². The lowest BCUT2D eigenvalue weighted by molar-refractivity contribution is -0.384. The Kier molecular flexibility index (Phi) is 5.58. The molecule has 1 N–H and O–H groups in total. The molecule has 0 radical (unpaired) electrons. The van der Waals surface area contributed by atoms with Crippen molar-refractivity contribution in [3.63, 3.8) is 0 Å². The lowest BCUT2D eigenvalue weighted by Crippen LogP contribution is -2.19. The number of nitro groups is 1. The van der Waals surface area contributed by atoms with Gasteiger partial charge in [-0.3, -0.25) is 10.1 Å². The van der Waals surface area contributed by atoms with Crippen molar-refractivity contribution in [1.29, 1.82) is 0 Å². The molecular weight excluding hydrogens is 232 g/mol. The maximum Gasteiger partial charge on any atom is 0.292 e. The molecule has 100 valence electrons. The highest BCUT2D eigenvalue weighted by Gasteiger charge is 2.17. The number of benzene rings is 1. The Labute approximate surface area is 107 Å². The quantitative estimate of drug-likeness (QED) is 0.460. The SMILES string of the molecule is CCCCCN(C)c1ccc(CO)cc1[N+](=O)[O-]. The van der Waals surface area contributed by atoms with Crippen molar-refractivity contribution in [2.75, 3.05) is 18.5 Å². The van der Waals surface area contributed by atoms with Crippen molar-refractivity contribution >= 4 is 11.4 Å². The summed E-state index contributed by atoms with van der Waals surface area (Å²) >= 11 is 0. The molecule has 18 heavy (non-hydrogen) atoms. The minimum absolute atomic E-state index is 0.0561. The summed E-state index contributed by atoms with van der Waals surface area (Å²) in [5, 5.41) is 20.0. The van der Waals surface area contributed by atoms with Gasteiger partial charge in [0.05, 0.1) is 11.5 Å². The summed E-state index contributed by atoms with van der Waals surface area (Å²) in [5.41, 5.74) is 1.22. The molecule has 0 aliphatic carbocycles. The molecule has 0 spiro atoms. The number of nitro benzene ring substituents is 1. The summed E-state index contributed by atoms with van der Waals surface area (Å²) in [4.78, 5) is 12.5. The summed E-state index contributed by atoms with van der Waals surface area (Å²) in [7, 11) is 1.86. The van der Waals surface area contributed by atoms with Crippen LogP contribution in [0.15, 0.2) is 18.2 Å². The Bertz CT molecular complexity index is 407. The van der Waals surface area contributed by atoms with Gasteiger partial charge in [0.25, 0.3) is 5.69 Å². The van der Waals surface area contributed by atoms with Gasteiger partial charge in [-0.25, -0.2) is 0 Å². The van der Waals surface area contributed by atoms with Crippen LogP contribution >= 0.6 is 0 Å². The van der Waals surface area contributed by atoms with E-state index in [0.717, 1.165) is 25.8 Å². The fourth-order valence-corrected chi connectivity index (χ4v) is 1.86. The van der Waals surface area contributed by atoms with Gasteiger partial charge in [0.15, 0.2) is 0 Å². The molecule has 1 aromatic rings. The third kappa shape index (κ3) is 3.70. The number of unbranched alkanes of at least 4 members (excludes halogenated alkanes) is 2. The van der Waals surface area contributed by atoms with Gasteiger partial charge >= 0.3 is 0 Å². The molecule has 5 nitrogen and oxygen atoms in total. The van der Waals surface area contributed by atoms with Crippen LogP contribution in [0.5, 0.6) is 0 Å². The first kappa shape index (κ1) is 14.4. The summed E-state index contributed by atoms with van der Waals surface area (Å²) in [6.07, 6.45) is 3.26. The van der Waals surface area contributed by atoms with Crippen molar-refractivity contribution in [3.05, 3.63) is 33.9 Å². The minimum atomic E-state index is -0.398. The molecule has 0 amide bonds. The molecule has 0 aliphatic rings. The number of hydrogen-bond acceptors (Lipinski definition) is 4. The van der Waals surface area contributed by atoms with E-state index in [1.54, 1.807) is 12.1 Å². The molecule has 0 fully saturated rings. The number of nitrogens with zero attached hydrogens (tertiary/aromatic N) is 2. The van der Waals surface area contributed by atoms with Gasteiger partial charge in [0.2, 0.25) is 0 Å². The maximum atomic E-state index is 11.0. The molecule has 0 heterocycles. The van der Waals surface area contributed by atoms with E-state index in [1.807, 2.05) is 11.9 Å². The number of anilines is 1. The van der Waals surface area contributed by atoms with Gasteiger partial charge in [0.1, 0.15) is 5.69 Å². The van der Waals surface area contributed by atoms with Crippen LogP contribution in [0.3, 0.4) is 0 Å². The monoisotopic (exact) mass is 252 g/mol.